The number of hydrogen-bond acceptors (Lipinski definition) is 4. The van der Waals surface area contributed by atoms with E-state index in [2.05, 4.69) is 10.1 Å². The molecule has 0 amide bonds. The zero-order valence-corrected chi connectivity index (χ0v) is 13.2. The van der Waals surface area contributed by atoms with Crippen LogP contribution >= 0.6 is 23.2 Å². The first-order chi connectivity index (χ1) is 10.6. The van der Waals surface area contributed by atoms with Crippen LogP contribution in [0.15, 0.2) is 53.1 Å². The summed E-state index contributed by atoms with van der Waals surface area (Å²) in [4.78, 5) is 4.35. The maximum absolute atomic E-state index is 5.86. The first-order valence-electron chi connectivity index (χ1n) is 6.63. The van der Waals surface area contributed by atoms with Crippen LogP contribution in [0.4, 0.5) is 0 Å². The summed E-state index contributed by atoms with van der Waals surface area (Å²) in [6.07, 6.45) is -0.366. The zero-order chi connectivity index (χ0) is 15.5. The van der Waals surface area contributed by atoms with E-state index in [1.165, 1.54) is 0 Å². The second kappa shape index (κ2) is 6.38. The van der Waals surface area contributed by atoms with Gasteiger partial charge in [0.1, 0.15) is 5.75 Å². The molecule has 0 bridgehead atoms. The summed E-state index contributed by atoms with van der Waals surface area (Å²) in [7, 11) is 0. The van der Waals surface area contributed by atoms with Gasteiger partial charge in [-0.2, -0.15) is 4.98 Å². The van der Waals surface area contributed by atoms with E-state index in [-0.39, 0.29) is 6.10 Å². The molecule has 0 N–H and O–H groups in total. The Morgan fingerprint density at radius 3 is 2.18 bits per heavy atom. The van der Waals surface area contributed by atoms with Crippen molar-refractivity contribution >= 4 is 23.2 Å². The van der Waals surface area contributed by atoms with Crippen molar-refractivity contribution in [3.8, 4) is 17.1 Å². The SMILES string of the molecule is C[C@@H](Oc1ccc(Cl)cc1)c1nc(-c2ccc(Cl)cc2)no1. The minimum Gasteiger partial charge on any atom is -0.481 e. The maximum atomic E-state index is 5.86. The molecule has 6 heteroatoms. The summed E-state index contributed by atoms with van der Waals surface area (Å²) in [6, 6.07) is 14.3. The van der Waals surface area contributed by atoms with Crippen molar-refractivity contribution in [1.82, 2.24) is 10.1 Å². The summed E-state index contributed by atoms with van der Waals surface area (Å²) in [5.74, 6) is 1.58. The van der Waals surface area contributed by atoms with Crippen molar-refractivity contribution in [2.75, 3.05) is 0 Å². The Hall–Kier alpha value is -2.04. The van der Waals surface area contributed by atoms with Gasteiger partial charge in [-0.25, -0.2) is 0 Å². The van der Waals surface area contributed by atoms with Crippen molar-refractivity contribution in [2.45, 2.75) is 13.0 Å². The summed E-state index contributed by atoms with van der Waals surface area (Å²) in [5, 5.41) is 5.28. The van der Waals surface area contributed by atoms with Crippen LogP contribution in [-0.2, 0) is 0 Å². The second-order valence-electron chi connectivity index (χ2n) is 4.68. The van der Waals surface area contributed by atoms with Gasteiger partial charge in [0.05, 0.1) is 0 Å². The molecule has 0 aliphatic heterocycles. The first kappa shape index (κ1) is 14.9. The molecule has 4 nitrogen and oxygen atoms in total. The number of hydrogen-bond donors (Lipinski definition) is 0. The molecule has 0 saturated carbocycles. The fourth-order valence-corrected chi connectivity index (χ4v) is 2.14. The lowest BCUT2D eigenvalue weighted by Crippen LogP contribution is -2.03. The molecule has 112 valence electrons. The Morgan fingerprint density at radius 1 is 0.955 bits per heavy atom. The predicted molar refractivity (Wildman–Crippen MR) is 85.2 cm³/mol. The van der Waals surface area contributed by atoms with Crippen LogP contribution in [0.5, 0.6) is 5.75 Å². The number of rotatable bonds is 4. The molecule has 3 aromatic rings. The molecule has 3 rings (SSSR count). The molecule has 1 aromatic heterocycles. The van der Waals surface area contributed by atoms with Gasteiger partial charge in [0, 0.05) is 15.6 Å². The first-order valence-corrected chi connectivity index (χ1v) is 7.39. The Bertz CT molecular complexity index is 755. The number of halogens is 2. The average molecular weight is 335 g/mol. The fraction of sp³-hybridized carbons (Fsp3) is 0.125. The third-order valence-electron chi connectivity index (χ3n) is 3.02. The second-order valence-corrected chi connectivity index (χ2v) is 5.55. The largest absolute Gasteiger partial charge is 0.481 e. The van der Waals surface area contributed by atoms with Gasteiger partial charge in [-0.15, -0.1) is 0 Å². The standard InChI is InChI=1S/C16H12Cl2N2O2/c1-10(21-14-8-6-13(18)7-9-14)16-19-15(20-22-16)11-2-4-12(17)5-3-11/h2-10H,1H3/t10-/m1/s1. The van der Waals surface area contributed by atoms with Crippen molar-refractivity contribution < 1.29 is 9.26 Å². The van der Waals surface area contributed by atoms with E-state index in [1.54, 1.807) is 36.4 Å². The molecule has 0 saturated heterocycles. The maximum Gasteiger partial charge on any atom is 0.267 e. The van der Waals surface area contributed by atoms with Gasteiger partial charge in [-0.3, -0.25) is 0 Å². The average Bonchev–Trinajstić information content (AvgIpc) is 3.00. The van der Waals surface area contributed by atoms with E-state index < -0.39 is 0 Å². The van der Waals surface area contributed by atoms with Crippen molar-refractivity contribution in [3.05, 3.63) is 64.5 Å². The van der Waals surface area contributed by atoms with Gasteiger partial charge in [-0.1, -0.05) is 28.4 Å². The number of nitrogens with zero attached hydrogens (tertiary/aromatic N) is 2. The minimum absolute atomic E-state index is 0.366. The van der Waals surface area contributed by atoms with Gasteiger partial charge in [-0.05, 0) is 55.5 Å². The molecule has 2 aromatic carbocycles. The van der Waals surface area contributed by atoms with Crippen molar-refractivity contribution in [1.29, 1.82) is 0 Å². The van der Waals surface area contributed by atoms with Crippen LogP contribution in [0, 0.1) is 0 Å². The lowest BCUT2D eigenvalue weighted by Gasteiger charge is -2.10. The van der Waals surface area contributed by atoms with Crippen molar-refractivity contribution in [2.24, 2.45) is 0 Å². The summed E-state index contributed by atoms with van der Waals surface area (Å²) in [6.45, 7) is 1.84. The monoisotopic (exact) mass is 334 g/mol. The fourth-order valence-electron chi connectivity index (χ4n) is 1.88. The van der Waals surface area contributed by atoms with E-state index in [0.29, 0.717) is 27.5 Å². The highest BCUT2D eigenvalue weighted by Crippen LogP contribution is 2.24. The molecule has 0 fully saturated rings. The quantitative estimate of drug-likeness (QED) is 0.659. The van der Waals surface area contributed by atoms with Crippen LogP contribution in [0.3, 0.4) is 0 Å². The van der Waals surface area contributed by atoms with Gasteiger partial charge < -0.3 is 9.26 Å². The third-order valence-corrected chi connectivity index (χ3v) is 3.52. The highest BCUT2D eigenvalue weighted by molar-refractivity contribution is 6.30. The Balaban J connectivity index is 1.75. The van der Waals surface area contributed by atoms with Crippen LogP contribution in [0.1, 0.15) is 18.9 Å². The highest BCUT2D eigenvalue weighted by Gasteiger charge is 2.16. The van der Waals surface area contributed by atoms with Crippen LogP contribution < -0.4 is 4.74 Å². The van der Waals surface area contributed by atoms with E-state index in [1.807, 2.05) is 19.1 Å². The Morgan fingerprint density at radius 2 is 1.55 bits per heavy atom. The lowest BCUT2D eigenvalue weighted by atomic mass is 10.2. The van der Waals surface area contributed by atoms with Crippen LogP contribution in [0.25, 0.3) is 11.4 Å². The molecule has 0 aliphatic carbocycles. The van der Waals surface area contributed by atoms with E-state index in [0.717, 1.165) is 5.56 Å². The predicted octanol–water partition coefficient (Wildman–Crippen LogP) is 5.18. The number of benzene rings is 2. The Kier molecular flexibility index (Phi) is 4.32. The molecule has 0 aliphatic rings. The molecule has 1 atom stereocenters. The number of ether oxygens (including phenoxy) is 1. The van der Waals surface area contributed by atoms with E-state index >= 15 is 0 Å². The lowest BCUT2D eigenvalue weighted by molar-refractivity contribution is 0.176. The molecular weight excluding hydrogens is 323 g/mol. The third kappa shape index (κ3) is 3.40. The van der Waals surface area contributed by atoms with Gasteiger partial charge >= 0.3 is 0 Å². The summed E-state index contributed by atoms with van der Waals surface area (Å²) >= 11 is 11.7. The molecule has 0 spiro atoms. The minimum atomic E-state index is -0.366. The summed E-state index contributed by atoms with van der Waals surface area (Å²) < 4.78 is 11.0. The van der Waals surface area contributed by atoms with Gasteiger partial charge in [0.25, 0.3) is 5.89 Å². The zero-order valence-electron chi connectivity index (χ0n) is 11.7. The smallest absolute Gasteiger partial charge is 0.267 e. The van der Waals surface area contributed by atoms with E-state index in [9.17, 15) is 0 Å². The normalized spacial score (nSPS) is 12.1. The molecule has 0 radical (unpaired) electrons. The molecular formula is C16H12Cl2N2O2. The van der Waals surface area contributed by atoms with Crippen LogP contribution in [-0.4, -0.2) is 10.1 Å². The molecule has 0 unspecified atom stereocenters. The molecule has 22 heavy (non-hydrogen) atoms. The highest BCUT2D eigenvalue weighted by atomic mass is 35.5. The Labute approximate surface area is 137 Å². The van der Waals surface area contributed by atoms with Crippen LogP contribution in [0.2, 0.25) is 10.0 Å². The summed E-state index contributed by atoms with van der Waals surface area (Å²) in [5.41, 5.74) is 0.832. The number of aromatic nitrogens is 2. The van der Waals surface area contributed by atoms with Gasteiger partial charge in [0.15, 0.2) is 6.10 Å². The van der Waals surface area contributed by atoms with E-state index in [4.69, 9.17) is 32.5 Å². The van der Waals surface area contributed by atoms with Crippen molar-refractivity contribution in [3.63, 3.8) is 0 Å². The molecule has 1 heterocycles. The van der Waals surface area contributed by atoms with Gasteiger partial charge in [0.2, 0.25) is 5.82 Å². The topological polar surface area (TPSA) is 48.2 Å².